The smallest absolute Gasteiger partial charge is 0.426 e. The van der Waals surface area contributed by atoms with Crippen molar-refractivity contribution in [2.45, 2.75) is 141 Å². The van der Waals surface area contributed by atoms with Crippen molar-refractivity contribution in [3.8, 4) is 0 Å². The van der Waals surface area contributed by atoms with E-state index in [-0.39, 0.29) is 12.2 Å². The molecule has 0 amide bonds. The predicted molar refractivity (Wildman–Crippen MR) is 157 cm³/mol. The monoisotopic (exact) mass is 518 g/mol. The van der Waals surface area contributed by atoms with Crippen LogP contribution in [0.4, 0.5) is 4.79 Å². The van der Waals surface area contributed by atoms with Gasteiger partial charge in [0.25, 0.3) is 0 Å². The first-order valence-electron chi connectivity index (χ1n) is 15.8. The Bertz CT molecular complexity index is 893. The molecule has 0 saturated heterocycles. The highest BCUT2D eigenvalue weighted by Crippen LogP contribution is 2.40. The summed E-state index contributed by atoms with van der Waals surface area (Å²) in [4.78, 5) is 13.5. The van der Waals surface area contributed by atoms with E-state index in [2.05, 4.69) is 62.4 Å². The second-order valence-electron chi connectivity index (χ2n) is 11.7. The molecule has 2 aliphatic rings. The summed E-state index contributed by atoms with van der Waals surface area (Å²) in [6.45, 7) is 4.40. The molecule has 0 aliphatic heterocycles. The topological polar surface area (TPSA) is 35.5 Å². The van der Waals surface area contributed by atoms with Crippen LogP contribution >= 0.6 is 0 Å². The molecule has 2 saturated carbocycles. The van der Waals surface area contributed by atoms with E-state index in [1.54, 1.807) is 0 Å². The zero-order chi connectivity index (χ0) is 26.6. The minimum absolute atomic E-state index is 0.249. The molecule has 3 heteroatoms. The lowest BCUT2D eigenvalue weighted by molar-refractivity contribution is -0.00911. The zero-order valence-electron chi connectivity index (χ0n) is 24.0. The third-order valence-electron chi connectivity index (χ3n) is 8.89. The summed E-state index contributed by atoms with van der Waals surface area (Å²) in [6.07, 6.45) is 17.7. The van der Waals surface area contributed by atoms with Crippen LogP contribution < -0.4 is 0 Å². The van der Waals surface area contributed by atoms with Crippen molar-refractivity contribution in [1.82, 2.24) is 0 Å². The Morgan fingerprint density at radius 2 is 1.05 bits per heavy atom. The highest BCUT2D eigenvalue weighted by atomic mass is 16.7. The van der Waals surface area contributed by atoms with Gasteiger partial charge in [-0.3, -0.25) is 0 Å². The van der Waals surface area contributed by atoms with Crippen LogP contribution in [0.3, 0.4) is 0 Å². The molecule has 2 fully saturated rings. The maximum absolute atomic E-state index is 13.5. The van der Waals surface area contributed by atoms with Crippen LogP contribution in [0.15, 0.2) is 48.5 Å². The van der Waals surface area contributed by atoms with E-state index < -0.39 is 6.16 Å². The summed E-state index contributed by atoms with van der Waals surface area (Å²) in [7, 11) is 0. The first kappa shape index (κ1) is 28.7. The van der Waals surface area contributed by atoms with Crippen LogP contribution in [-0.2, 0) is 9.47 Å². The second-order valence-corrected chi connectivity index (χ2v) is 11.7. The SMILES string of the molecule is CCCCC(OC(=O)OC(CCCC)c1ccccc1C1CCCCC1)c1ccccc1C1CCCCC1. The lowest BCUT2D eigenvalue weighted by Crippen LogP contribution is -2.19. The Kier molecular flexibility index (Phi) is 11.6. The van der Waals surface area contributed by atoms with Gasteiger partial charge in [0.15, 0.2) is 0 Å². The molecule has 2 unspecified atom stereocenters. The Morgan fingerprint density at radius 1 is 0.658 bits per heavy atom. The van der Waals surface area contributed by atoms with E-state index in [1.165, 1.54) is 86.5 Å². The molecule has 208 valence electrons. The van der Waals surface area contributed by atoms with Crippen molar-refractivity contribution < 1.29 is 14.3 Å². The number of carbonyl (C=O) groups is 1. The van der Waals surface area contributed by atoms with Crippen molar-refractivity contribution in [3.63, 3.8) is 0 Å². The lowest BCUT2D eigenvalue weighted by Gasteiger charge is -2.29. The number of rotatable bonds is 12. The molecule has 0 bridgehead atoms. The van der Waals surface area contributed by atoms with Gasteiger partial charge in [-0.05, 0) is 85.5 Å². The van der Waals surface area contributed by atoms with Gasteiger partial charge < -0.3 is 9.47 Å². The van der Waals surface area contributed by atoms with Gasteiger partial charge in [0, 0.05) is 0 Å². The van der Waals surface area contributed by atoms with E-state index in [0.29, 0.717) is 11.8 Å². The Labute approximate surface area is 231 Å². The fourth-order valence-electron chi connectivity index (χ4n) is 6.77. The van der Waals surface area contributed by atoms with Crippen molar-refractivity contribution in [2.24, 2.45) is 0 Å². The number of benzene rings is 2. The number of ether oxygens (including phenoxy) is 2. The summed E-state index contributed by atoms with van der Waals surface area (Å²) in [5.74, 6) is 1.15. The van der Waals surface area contributed by atoms with E-state index in [0.717, 1.165) is 38.5 Å². The molecule has 2 atom stereocenters. The van der Waals surface area contributed by atoms with Crippen LogP contribution in [0, 0.1) is 0 Å². The average Bonchev–Trinajstić information content (AvgIpc) is 2.98. The molecular formula is C35H50O3. The number of hydrogen-bond donors (Lipinski definition) is 0. The van der Waals surface area contributed by atoms with Crippen LogP contribution in [-0.4, -0.2) is 6.16 Å². The third-order valence-corrected chi connectivity index (χ3v) is 8.89. The molecule has 0 radical (unpaired) electrons. The molecule has 0 spiro atoms. The summed E-state index contributed by atoms with van der Waals surface area (Å²) in [5, 5.41) is 0. The summed E-state index contributed by atoms with van der Waals surface area (Å²) in [6, 6.07) is 17.4. The Hall–Kier alpha value is -2.29. The summed E-state index contributed by atoms with van der Waals surface area (Å²) >= 11 is 0. The molecule has 38 heavy (non-hydrogen) atoms. The quantitative estimate of drug-likeness (QED) is 0.262. The molecule has 4 rings (SSSR count). The van der Waals surface area contributed by atoms with Crippen LogP contribution in [0.2, 0.25) is 0 Å². The van der Waals surface area contributed by atoms with E-state index in [9.17, 15) is 4.79 Å². The molecule has 2 aliphatic carbocycles. The highest BCUT2D eigenvalue weighted by Gasteiger charge is 2.28. The fraction of sp³-hybridized carbons (Fsp3) is 0.629. The number of carbonyl (C=O) groups excluding carboxylic acids is 1. The minimum Gasteiger partial charge on any atom is -0.426 e. The summed E-state index contributed by atoms with van der Waals surface area (Å²) in [5.41, 5.74) is 5.15. The number of hydrogen-bond acceptors (Lipinski definition) is 3. The molecule has 2 aromatic rings. The van der Waals surface area contributed by atoms with Gasteiger partial charge in [-0.2, -0.15) is 0 Å². The number of unbranched alkanes of at least 4 members (excludes halogenated alkanes) is 2. The molecule has 3 nitrogen and oxygen atoms in total. The molecule has 2 aromatic carbocycles. The van der Waals surface area contributed by atoms with Crippen molar-refractivity contribution in [3.05, 3.63) is 70.8 Å². The van der Waals surface area contributed by atoms with Crippen molar-refractivity contribution >= 4 is 6.16 Å². The van der Waals surface area contributed by atoms with Gasteiger partial charge >= 0.3 is 6.16 Å². The molecule has 0 N–H and O–H groups in total. The predicted octanol–water partition coefficient (Wildman–Crippen LogP) is 11.1. The van der Waals surface area contributed by atoms with Crippen LogP contribution in [0.1, 0.15) is 163 Å². The van der Waals surface area contributed by atoms with Crippen molar-refractivity contribution in [1.29, 1.82) is 0 Å². The van der Waals surface area contributed by atoms with Gasteiger partial charge in [-0.15, -0.1) is 0 Å². The normalized spacial score (nSPS) is 18.6. The second kappa shape index (κ2) is 15.3. The maximum atomic E-state index is 13.5. The van der Waals surface area contributed by atoms with Gasteiger partial charge in [0.2, 0.25) is 0 Å². The van der Waals surface area contributed by atoms with E-state index in [4.69, 9.17) is 9.47 Å². The zero-order valence-corrected chi connectivity index (χ0v) is 24.0. The van der Waals surface area contributed by atoms with Gasteiger partial charge in [-0.1, -0.05) is 114 Å². The minimum atomic E-state index is -0.510. The third kappa shape index (κ3) is 7.87. The van der Waals surface area contributed by atoms with Gasteiger partial charge in [0.1, 0.15) is 12.2 Å². The van der Waals surface area contributed by atoms with E-state index in [1.807, 2.05) is 0 Å². The molecular weight excluding hydrogens is 468 g/mol. The van der Waals surface area contributed by atoms with Gasteiger partial charge in [0.05, 0.1) is 0 Å². The lowest BCUT2D eigenvalue weighted by atomic mass is 9.80. The molecule has 0 aromatic heterocycles. The average molecular weight is 519 g/mol. The first-order valence-corrected chi connectivity index (χ1v) is 15.8. The standard InChI is InChI=1S/C35H50O3/c1-3-5-25-33(31-23-15-13-21-29(31)27-17-9-7-10-18-27)37-35(36)38-34(26-6-4-2)32-24-16-14-22-30(32)28-19-11-8-12-20-28/h13-16,21-24,27-28,33-34H,3-12,17-20,25-26H2,1-2H3. The van der Waals surface area contributed by atoms with Crippen LogP contribution in [0.25, 0.3) is 0 Å². The molecule has 0 heterocycles. The van der Waals surface area contributed by atoms with Crippen LogP contribution in [0.5, 0.6) is 0 Å². The Balaban J connectivity index is 1.53. The fourth-order valence-corrected chi connectivity index (χ4v) is 6.77. The Morgan fingerprint density at radius 3 is 1.45 bits per heavy atom. The van der Waals surface area contributed by atoms with E-state index >= 15 is 0 Å². The largest absolute Gasteiger partial charge is 0.509 e. The highest BCUT2D eigenvalue weighted by molar-refractivity contribution is 5.61. The maximum Gasteiger partial charge on any atom is 0.509 e. The summed E-state index contributed by atoms with van der Waals surface area (Å²) < 4.78 is 12.5. The van der Waals surface area contributed by atoms with Crippen molar-refractivity contribution in [2.75, 3.05) is 0 Å². The first-order chi connectivity index (χ1) is 18.7. The van der Waals surface area contributed by atoms with Gasteiger partial charge in [-0.25, -0.2) is 4.79 Å².